The number of fused-ring (bicyclic) bond motifs is 3. The number of phenols is 1. The standard InChI is InChI=1S/C22H24N2O8/c1-21(31)8-5-4-6-11(25)12(8)16(26)13-9(21)7-10-15(24(2)3)17(27)14(20(23)30)19(29)22(10,32)18(13)28/h4-6,9-10,15,25-26,29,31-32H,7H2,1-3H3,(H2,23,30)/p+1/t9-,10-,15-,21-,22-/m0/s1. The Bertz CT molecular complexity index is 1150. The lowest BCUT2D eigenvalue weighted by atomic mass is 9.54. The van der Waals surface area contributed by atoms with Gasteiger partial charge in [-0.15, -0.1) is 0 Å². The van der Waals surface area contributed by atoms with Gasteiger partial charge in [0.05, 0.1) is 31.2 Å². The lowest BCUT2D eigenvalue weighted by Crippen LogP contribution is -3.13. The molecule has 0 bridgehead atoms. The van der Waals surface area contributed by atoms with E-state index in [9.17, 15) is 39.9 Å². The fourth-order valence-corrected chi connectivity index (χ4v) is 5.60. The lowest BCUT2D eigenvalue weighted by Gasteiger charge is -2.51. The number of ketones is 2. The number of phenolic OH excluding ortho intramolecular Hbond substituents is 1. The first kappa shape index (κ1) is 22.0. The van der Waals surface area contributed by atoms with Crippen molar-refractivity contribution < 1.29 is 44.8 Å². The minimum Gasteiger partial charge on any atom is -0.508 e. The number of aromatic hydroxyl groups is 1. The van der Waals surface area contributed by atoms with Gasteiger partial charge in [-0.05, 0) is 25.0 Å². The minimum absolute atomic E-state index is 0.167. The van der Waals surface area contributed by atoms with Gasteiger partial charge < -0.3 is 36.2 Å². The van der Waals surface area contributed by atoms with Gasteiger partial charge in [-0.2, -0.15) is 0 Å². The Kier molecular flexibility index (Phi) is 4.57. The number of aliphatic hydroxyl groups excluding tert-OH is 2. The third kappa shape index (κ3) is 2.48. The SMILES string of the molecule is C[NH+](C)[C@@H]1C(=O)C(C(N)=O)=C(O)[C@@]2(O)C(=O)C3=C(O)c4c(O)cccc4[C@](C)(O)[C@H]3C[C@@H]12. The fraction of sp³-hybridized carbons (Fsp3) is 0.409. The first-order chi connectivity index (χ1) is 14.8. The Balaban J connectivity index is 2.05. The topological polar surface area (TPSA) is 183 Å². The molecule has 4 rings (SSSR count). The summed E-state index contributed by atoms with van der Waals surface area (Å²) in [5, 5.41) is 54.9. The van der Waals surface area contributed by atoms with Crippen LogP contribution in [0.25, 0.3) is 5.76 Å². The number of carbonyl (C=O) groups is 3. The zero-order valence-electron chi connectivity index (χ0n) is 17.7. The summed E-state index contributed by atoms with van der Waals surface area (Å²) < 4.78 is 0. The molecule has 8 N–H and O–H groups in total. The third-order valence-corrected chi connectivity index (χ3v) is 7.12. The van der Waals surface area contributed by atoms with Crippen molar-refractivity contribution in [2.75, 3.05) is 14.1 Å². The molecule has 3 aliphatic carbocycles. The molecule has 32 heavy (non-hydrogen) atoms. The minimum atomic E-state index is -2.72. The molecule has 10 heteroatoms. The molecule has 5 atom stereocenters. The average Bonchev–Trinajstić information content (AvgIpc) is 2.68. The van der Waals surface area contributed by atoms with Crippen LogP contribution in [0.3, 0.4) is 0 Å². The predicted molar refractivity (Wildman–Crippen MR) is 109 cm³/mol. The normalized spacial score (nSPS) is 34.4. The van der Waals surface area contributed by atoms with Crippen LogP contribution in [0.4, 0.5) is 0 Å². The van der Waals surface area contributed by atoms with Crippen LogP contribution >= 0.6 is 0 Å². The Hall–Kier alpha value is -3.21. The van der Waals surface area contributed by atoms with E-state index in [1.54, 1.807) is 14.1 Å². The molecular weight excluding hydrogens is 420 g/mol. The number of aliphatic hydroxyl groups is 4. The van der Waals surface area contributed by atoms with Crippen LogP contribution in [0.15, 0.2) is 35.1 Å². The monoisotopic (exact) mass is 445 g/mol. The van der Waals surface area contributed by atoms with E-state index in [0.717, 1.165) is 0 Å². The van der Waals surface area contributed by atoms with Gasteiger partial charge in [-0.1, -0.05) is 12.1 Å². The van der Waals surface area contributed by atoms with Crippen molar-refractivity contribution in [3.05, 3.63) is 46.2 Å². The van der Waals surface area contributed by atoms with Crippen LogP contribution in [0, 0.1) is 11.8 Å². The molecule has 0 unspecified atom stereocenters. The highest BCUT2D eigenvalue weighted by molar-refractivity contribution is 6.24. The Morgan fingerprint density at radius 2 is 1.78 bits per heavy atom. The molecule has 0 spiro atoms. The molecule has 0 radical (unpaired) electrons. The molecule has 1 saturated carbocycles. The molecule has 0 heterocycles. The summed E-state index contributed by atoms with van der Waals surface area (Å²) >= 11 is 0. The lowest BCUT2D eigenvalue weighted by molar-refractivity contribution is -0.880. The molecule has 1 amide bonds. The van der Waals surface area contributed by atoms with Gasteiger partial charge in [0.1, 0.15) is 22.8 Å². The summed E-state index contributed by atoms with van der Waals surface area (Å²) in [6.07, 6.45) is -0.179. The maximum Gasteiger partial charge on any atom is 0.256 e. The number of quaternary nitrogens is 1. The average molecular weight is 445 g/mol. The summed E-state index contributed by atoms with van der Waals surface area (Å²) in [5.74, 6) is -7.76. The van der Waals surface area contributed by atoms with Crippen LogP contribution in [0.5, 0.6) is 5.75 Å². The number of likely N-dealkylation sites (N-methyl/N-ethyl adjacent to an activating group) is 1. The number of hydrogen-bond donors (Lipinski definition) is 7. The zero-order chi connectivity index (χ0) is 23.9. The number of amides is 1. The van der Waals surface area contributed by atoms with E-state index in [1.165, 1.54) is 25.1 Å². The van der Waals surface area contributed by atoms with E-state index in [2.05, 4.69) is 0 Å². The van der Waals surface area contributed by atoms with Crippen LogP contribution in [-0.2, 0) is 20.0 Å². The molecular formula is C22H25N2O8+. The number of primary amides is 1. The van der Waals surface area contributed by atoms with E-state index in [-0.39, 0.29) is 23.3 Å². The van der Waals surface area contributed by atoms with E-state index in [4.69, 9.17) is 5.73 Å². The number of nitrogens with one attached hydrogen (secondary N) is 1. The number of Topliss-reactive ketones (excluding diaryl/α,β-unsaturated/α-hetero) is 2. The molecule has 1 aromatic carbocycles. The number of hydrogen-bond acceptors (Lipinski definition) is 8. The molecule has 3 aliphatic rings. The second-order valence-electron chi connectivity index (χ2n) is 9.11. The summed E-state index contributed by atoms with van der Waals surface area (Å²) in [6.45, 7) is 1.41. The maximum absolute atomic E-state index is 13.7. The fourth-order valence-electron chi connectivity index (χ4n) is 5.60. The third-order valence-electron chi connectivity index (χ3n) is 7.12. The van der Waals surface area contributed by atoms with E-state index in [1.807, 2.05) is 0 Å². The van der Waals surface area contributed by atoms with Crippen molar-refractivity contribution in [1.82, 2.24) is 0 Å². The number of carbonyl (C=O) groups excluding carboxylic acids is 3. The molecule has 1 fully saturated rings. The van der Waals surface area contributed by atoms with E-state index in [0.29, 0.717) is 4.90 Å². The molecule has 0 aromatic heterocycles. The van der Waals surface area contributed by atoms with Crippen molar-refractivity contribution in [1.29, 1.82) is 0 Å². The molecule has 0 saturated heterocycles. The second-order valence-corrected chi connectivity index (χ2v) is 9.11. The Labute approximate surface area is 182 Å². The molecule has 170 valence electrons. The van der Waals surface area contributed by atoms with Gasteiger partial charge in [-0.25, -0.2) is 0 Å². The molecule has 0 aliphatic heterocycles. The summed E-state index contributed by atoms with van der Waals surface area (Å²) in [4.78, 5) is 39.1. The van der Waals surface area contributed by atoms with Gasteiger partial charge >= 0.3 is 0 Å². The van der Waals surface area contributed by atoms with Crippen LogP contribution in [-0.4, -0.2) is 68.7 Å². The summed E-state index contributed by atoms with van der Waals surface area (Å²) in [6, 6.07) is 3.11. The number of nitrogens with two attached hydrogens (primary N) is 1. The van der Waals surface area contributed by atoms with Crippen molar-refractivity contribution in [2.45, 2.75) is 30.6 Å². The van der Waals surface area contributed by atoms with E-state index < -0.39 is 69.2 Å². The van der Waals surface area contributed by atoms with Gasteiger partial charge in [0.2, 0.25) is 11.6 Å². The quantitative estimate of drug-likeness (QED) is 0.260. The predicted octanol–water partition coefficient (Wildman–Crippen LogP) is -1.79. The first-order valence-electron chi connectivity index (χ1n) is 10.1. The Morgan fingerprint density at radius 1 is 1.16 bits per heavy atom. The smallest absolute Gasteiger partial charge is 0.256 e. The van der Waals surface area contributed by atoms with Gasteiger partial charge in [0.25, 0.3) is 5.91 Å². The van der Waals surface area contributed by atoms with Crippen LogP contribution < -0.4 is 10.6 Å². The van der Waals surface area contributed by atoms with Crippen molar-refractivity contribution in [3.63, 3.8) is 0 Å². The van der Waals surface area contributed by atoms with Gasteiger partial charge in [0.15, 0.2) is 11.6 Å². The van der Waals surface area contributed by atoms with Crippen LogP contribution in [0.1, 0.15) is 24.5 Å². The highest BCUT2D eigenvalue weighted by atomic mass is 16.3. The first-order valence-corrected chi connectivity index (χ1v) is 10.1. The van der Waals surface area contributed by atoms with Crippen molar-refractivity contribution >= 4 is 23.2 Å². The largest absolute Gasteiger partial charge is 0.508 e. The highest BCUT2D eigenvalue weighted by Gasteiger charge is 2.67. The van der Waals surface area contributed by atoms with Crippen molar-refractivity contribution in [2.24, 2.45) is 17.6 Å². The summed E-state index contributed by atoms with van der Waals surface area (Å²) in [7, 11) is 3.17. The van der Waals surface area contributed by atoms with Crippen LogP contribution in [0.2, 0.25) is 0 Å². The van der Waals surface area contributed by atoms with Crippen molar-refractivity contribution in [3.8, 4) is 5.75 Å². The second kappa shape index (κ2) is 6.64. The molecule has 10 nitrogen and oxygen atoms in total. The zero-order valence-corrected chi connectivity index (χ0v) is 17.7. The molecule has 1 aromatic rings. The van der Waals surface area contributed by atoms with Gasteiger partial charge in [0, 0.05) is 11.5 Å². The Morgan fingerprint density at radius 3 is 2.34 bits per heavy atom. The van der Waals surface area contributed by atoms with Gasteiger partial charge in [-0.3, -0.25) is 14.4 Å². The number of rotatable bonds is 2. The number of benzene rings is 1. The van der Waals surface area contributed by atoms with E-state index >= 15 is 0 Å². The highest BCUT2D eigenvalue weighted by Crippen LogP contribution is 2.56. The summed E-state index contributed by atoms with van der Waals surface area (Å²) in [5.41, 5.74) is -0.466. The maximum atomic E-state index is 13.7.